The topological polar surface area (TPSA) is 21.7 Å². The molecule has 1 atom stereocenters. The van der Waals surface area contributed by atoms with Crippen LogP contribution in [0.5, 0.6) is 5.75 Å². The maximum absolute atomic E-state index is 5.65. The van der Waals surface area contributed by atoms with Crippen LogP contribution in [0.15, 0.2) is 24.3 Å². The van der Waals surface area contributed by atoms with Crippen molar-refractivity contribution in [2.75, 3.05) is 26.8 Å². The molecule has 1 aromatic rings. The van der Waals surface area contributed by atoms with E-state index in [1.807, 2.05) is 12.1 Å². The van der Waals surface area contributed by atoms with Crippen LogP contribution in [0.1, 0.15) is 18.9 Å². The van der Waals surface area contributed by atoms with Crippen LogP contribution in [0.25, 0.3) is 0 Å². The minimum Gasteiger partial charge on any atom is -0.497 e. The van der Waals surface area contributed by atoms with Gasteiger partial charge in [0, 0.05) is 26.2 Å². The zero-order valence-corrected chi connectivity index (χ0v) is 10.7. The molecule has 0 aromatic heterocycles. The lowest BCUT2D eigenvalue weighted by Crippen LogP contribution is -2.29. The van der Waals surface area contributed by atoms with Gasteiger partial charge in [-0.05, 0) is 31.0 Å². The number of benzene rings is 1. The molecule has 1 aliphatic heterocycles. The molecular formula is C14H21NO2. The van der Waals surface area contributed by atoms with Gasteiger partial charge in [0.15, 0.2) is 0 Å². The zero-order chi connectivity index (χ0) is 12.1. The highest BCUT2D eigenvalue weighted by atomic mass is 16.5. The molecule has 1 fully saturated rings. The monoisotopic (exact) mass is 235 g/mol. The van der Waals surface area contributed by atoms with E-state index in [4.69, 9.17) is 9.47 Å². The molecular weight excluding hydrogens is 214 g/mol. The van der Waals surface area contributed by atoms with Crippen LogP contribution in [0, 0.1) is 0 Å². The highest BCUT2D eigenvalue weighted by Gasteiger charge is 2.14. The lowest BCUT2D eigenvalue weighted by molar-refractivity contribution is 0.0668. The number of hydrogen-bond acceptors (Lipinski definition) is 3. The normalized spacial score (nSPS) is 22.1. The number of hydrogen-bond donors (Lipinski definition) is 0. The van der Waals surface area contributed by atoms with Gasteiger partial charge in [0.05, 0.1) is 13.2 Å². The van der Waals surface area contributed by atoms with Crippen LogP contribution in [-0.2, 0) is 11.3 Å². The zero-order valence-electron chi connectivity index (χ0n) is 10.7. The quantitative estimate of drug-likeness (QED) is 0.802. The first kappa shape index (κ1) is 12.4. The fourth-order valence-electron chi connectivity index (χ4n) is 2.21. The number of rotatable bonds is 3. The Morgan fingerprint density at radius 2 is 2.12 bits per heavy atom. The van der Waals surface area contributed by atoms with Crippen molar-refractivity contribution in [2.24, 2.45) is 0 Å². The summed E-state index contributed by atoms with van der Waals surface area (Å²) in [6.07, 6.45) is 1.47. The summed E-state index contributed by atoms with van der Waals surface area (Å²) in [4.78, 5) is 2.46. The molecule has 3 nitrogen and oxygen atoms in total. The lowest BCUT2D eigenvalue weighted by atomic mass is 10.2. The summed E-state index contributed by atoms with van der Waals surface area (Å²) in [5, 5.41) is 0. The van der Waals surface area contributed by atoms with E-state index in [1.54, 1.807) is 7.11 Å². The second-order valence-corrected chi connectivity index (χ2v) is 4.62. The Balaban J connectivity index is 1.94. The Kier molecular flexibility index (Phi) is 4.40. The van der Waals surface area contributed by atoms with E-state index in [-0.39, 0.29) is 0 Å². The van der Waals surface area contributed by atoms with Gasteiger partial charge in [-0.3, -0.25) is 4.90 Å². The van der Waals surface area contributed by atoms with E-state index in [1.165, 1.54) is 5.56 Å². The molecule has 1 aliphatic rings. The van der Waals surface area contributed by atoms with Crippen molar-refractivity contribution in [3.63, 3.8) is 0 Å². The van der Waals surface area contributed by atoms with Crippen molar-refractivity contribution < 1.29 is 9.47 Å². The van der Waals surface area contributed by atoms with Crippen LogP contribution in [0.3, 0.4) is 0 Å². The number of ether oxygens (including phenoxy) is 2. The molecule has 0 unspecified atom stereocenters. The van der Waals surface area contributed by atoms with Gasteiger partial charge in [-0.1, -0.05) is 12.1 Å². The Bertz CT molecular complexity index is 337. The Morgan fingerprint density at radius 1 is 1.35 bits per heavy atom. The molecule has 0 amide bonds. The second-order valence-electron chi connectivity index (χ2n) is 4.62. The first-order valence-electron chi connectivity index (χ1n) is 6.25. The fraction of sp³-hybridized carbons (Fsp3) is 0.571. The minimum atomic E-state index is 0.343. The van der Waals surface area contributed by atoms with Gasteiger partial charge in [-0.2, -0.15) is 0 Å². The predicted octanol–water partition coefficient (Wildman–Crippen LogP) is 2.31. The van der Waals surface area contributed by atoms with Gasteiger partial charge in [0.2, 0.25) is 0 Å². The highest BCUT2D eigenvalue weighted by molar-refractivity contribution is 5.27. The van der Waals surface area contributed by atoms with Crippen molar-refractivity contribution in [3.05, 3.63) is 29.8 Å². The molecule has 0 bridgehead atoms. The Labute approximate surface area is 103 Å². The third-order valence-corrected chi connectivity index (χ3v) is 3.10. The van der Waals surface area contributed by atoms with Crippen molar-refractivity contribution in [1.82, 2.24) is 4.90 Å². The van der Waals surface area contributed by atoms with Crippen LogP contribution in [0.2, 0.25) is 0 Å². The van der Waals surface area contributed by atoms with E-state index in [9.17, 15) is 0 Å². The third kappa shape index (κ3) is 3.72. The van der Waals surface area contributed by atoms with Crippen molar-refractivity contribution >= 4 is 0 Å². The SMILES string of the molecule is COc1ccc(CN2CCCO[C@H](C)C2)cc1. The van der Waals surface area contributed by atoms with Crippen LogP contribution in [-0.4, -0.2) is 37.8 Å². The maximum atomic E-state index is 5.65. The van der Waals surface area contributed by atoms with Crippen molar-refractivity contribution in [1.29, 1.82) is 0 Å². The van der Waals surface area contributed by atoms with Crippen LogP contribution >= 0.6 is 0 Å². The van der Waals surface area contributed by atoms with E-state index >= 15 is 0 Å². The second kappa shape index (κ2) is 6.03. The molecule has 0 spiro atoms. The first-order valence-corrected chi connectivity index (χ1v) is 6.25. The molecule has 1 saturated heterocycles. The van der Waals surface area contributed by atoms with Crippen LogP contribution in [0.4, 0.5) is 0 Å². The summed E-state index contributed by atoms with van der Waals surface area (Å²) in [6, 6.07) is 8.31. The maximum Gasteiger partial charge on any atom is 0.118 e. The van der Waals surface area contributed by atoms with Crippen molar-refractivity contribution in [3.8, 4) is 5.75 Å². The summed E-state index contributed by atoms with van der Waals surface area (Å²) in [6.45, 7) is 6.17. The third-order valence-electron chi connectivity index (χ3n) is 3.10. The molecule has 1 heterocycles. The minimum absolute atomic E-state index is 0.343. The smallest absolute Gasteiger partial charge is 0.118 e. The van der Waals surface area contributed by atoms with Crippen LogP contribution < -0.4 is 4.74 Å². The Hall–Kier alpha value is -1.06. The first-order chi connectivity index (χ1) is 8.28. The highest BCUT2D eigenvalue weighted by Crippen LogP contribution is 2.14. The summed E-state index contributed by atoms with van der Waals surface area (Å²) in [5.74, 6) is 0.918. The van der Waals surface area contributed by atoms with Gasteiger partial charge in [0.25, 0.3) is 0 Å². The van der Waals surface area contributed by atoms with E-state index < -0.39 is 0 Å². The average molecular weight is 235 g/mol. The molecule has 0 saturated carbocycles. The molecule has 0 radical (unpaired) electrons. The summed E-state index contributed by atoms with van der Waals surface area (Å²) >= 11 is 0. The molecule has 17 heavy (non-hydrogen) atoms. The summed E-state index contributed by atoms with van der Waals surface area (Å²) in [7, 11) is 1.70. The molecule has 94 valence electrons. The average Bonchev–Trinajstić information content (AvgIpc) is 2.55. The number of nitrogens with zero attached hydrogens (tertiary/aromatic N) is 1. The van der Waals surface area contributed by atoms with Crippen molar-refractivity contribution in [2.45, 2.75) is 26.0 Å². The molecule has 0 aliphatic carbocycles. The number of methoxy groups -OCH3 is 1. The predicted molar refractivity (Wildman–Crippen MR) is 68.3 cm³/mol. The summed E-state index contributed by atoms with van der Waals surface area (Å²) < 4.78 is 10.8. The largest absolute Gasteiger partial charge is 0.497 e. The van der Waals surface area contributed by atoms with E-state index in [0.717, 1.165) is 38.4 Å². The van der Waals surface area contributed by atoms with E-state index in [2.05, 4.69) is 24.0 Å². The fourth-order valence-corrected chi connectivity index (χ4v) is 2.21. The van der Waals surface area contributed by atoms with Gasteiger partial charge in [-0.25, -0.2) is 0 Å². The van der Waals surface area contributed by atoms with E-state index in [0.29, 0.717) is 6.10 Å². The molecule has 0 N–H and O–H groups in total. The Morgan fingerprint density at radius 3 is 2.82 bits per heavy atom. The molecule has 3 heteroatoms. The van der Waals surface area contributed by atoms with Gasteiger partial charge < -0.3 is 9.47 Å². The van der Waals surface area contributed by atoms with Gasteiger partial charge in [-0.15, -0.1) is 0 Å². The van der Waals surface area contributed by atoms with Gasteiger partial charge >= 0.3 is 0 Å². The van der Waals surface area contributed by atoms with Gasteiger partial charge in [0.1, 0.15) is 5.75 Å². The molecule has 2 rings (SSSR count). The standard InChI is InChI=1S/C14H21NO2/c1-12-10-15(8-3-9-17-12)11-13-4-6-14(16-2)7-5-13/h4-7,12H,3,8-11H2,1-2H3/t12-/m1/s1. The summed E-state index contributed by atoms with van der Waals surface area (Å²) in [5.41, 5.74) is 1.33. The lowest BCUT2D eigenvalue weighted by Gasteiger charge is -2.21. The molecule has 1 aromatic carbocycles.